The Hall–Kier alpha value is -1.23. The van der Waals surface area contributed by atoms with Crippen molar-refractivity contribution < 1.29 is 21.6 Å². The first-order valence-electron chi connectivity index (χ1n) is 10.7. The molecule has 184 valence electrons. The molecule has 0 radical (unpaired) electrons. The van der Waals surface area contributed by atoms with Gasteiger partial charge in [0.2, 0.25) is 0 Å². The standard InChI is InChI=1S/C25H34F3NO2STe/c1-22(2,3)17-15-19(23(4,5)6)21(20(16-17)24(7,8)9)33(18-13-11-10-12-14-18)29-32(30,31)25(26,27)28/h10-16H,1-9H3. The molecule has 0 saturated carbocycles. The zero-order chi connectivity index (χ0) is 25.6. The van der Waals surface area contributed by atoms with Crippen molar-refractivity contribution in [3.8, 4) is 0 Å². The Morgan fingerprint density at radius 3 is 1.48 bits per heavy atom. The molecular weight excluding hydrogens is 563 g/mol. The molecule has 0 aliphatic carbocycles. The van der Waals surface area contributed by atoms with Gasteiger partial charge in [0, 0.05) is 0 Å². The molecule has 0 N–H and O–H groups in total. The maximum atomic E-state index is 13.5. The number of nitrogens with zero attached hydrogens (tertiary/aromatic N) is 1. The maximum absolute atomic E-state index is 13.5. The van der Waals surface area contributed by atoms with Gasteiger partial charge in [-0.1, -0.05) is 0 Å². The number of alkyl halides is 3. The molecule has 0 saturated heterocycles. The van der Waals surface area contributed by atoms with Gasteiger partial charge in [-0.25, -0.2) is 0 Å². The fourth-order valence-corrected chi connectivity index (χ4v) is 12.6. The van der Waals surface area contributed by atoms with Gasteiger partial charge < -0.3 is 0 Å². The third-order valence-electron chi connectivity index (χ3n) is 5.20. The fraction of sp³-hybridized carbons (Fsp3) is 0.520. The third-order valence-corrected chi connectivity index (χ3v) is 13.5. The Labute approximate surface area is 203 Å². The van der Waals surface area contributed by atoms with E-state index in [4.69, 9.17) is 0 Å². The molecular formula is C25H34F3NO2STe. The first-order chi connectivity index (χ1) is 14.7. The van der Waals surface area contributed by atoms with Crippen molar-refractivity contribution in [3.63, 3.8) is 0 Å². The summed E-state index contributed by atoms with van der Waals surface area (Å²) in [5.74, 6) is 0. The second-order valence-electron chi connectivity index (χ2n) is 11.2. The van der Waals surface area contributed by atoms with Crippen LogP contribution in [0.15, 0.2) is 45.1 Å². The Kier molecular flexibility index (Phi) is 7.72. The molecule has 0 unspecified atom stereocenters. The minimum atomic E-state index is -5.66. The summed E-state index contributed by atoms with van der Waals surface area (Å²) < 4.78 is 69.9. The van der Waals surface area contributed by atoms with Gasteiger partial charge in [0.15, 0.2) is 0 Å². The van der Waals surface area contributed by atoms with Crippen LogP contribution in [0.3, 0.4) is 0 Å². The summed E-state index contributed by atoms with van der Waals surface area (Å²) in [5, 5.41) is 0. The molecule has 2 rings (SSSR count). The van der Waals surface area contributed by atoms with Crippen molar-refractivity contribution in [2.75, 3.05) is 0 Å². The molecule has 0 amide bonds. The van der Waals surface area contributed by atoms with E-state index in [1.807, 2.05) is 53.7 Å². The molecule has 0 aliphatic heterocycles. The Morgan fingerprint density at radius 1 is 0.727 bits per heavy atom. The molecule has 0 spiro atoms. The van der Waals surface area contributed by atoms with E-state index in [-0.39, 0.29) is 5.41 Å². The molecule has 2 aromatic rings. The molecule has 3 nitrogen and oxygen atoms in total. The average Bonchev–Trinajstić information content (AvgIpc) is 2.62. The molecule has 33 heavy (non-hydrogen) atoms. The van der Waals surface area contributed by atoms with Gasteiger partial charge in [0.25, 0.3) is 0 Å². The topological polar surface area (TPSA) is 46.5 Å². The van der Waals surface area contributed by atoms with Gasteiger partial charge in [0.05, 0.1) is 0 Å². The fourth-order valence-electron chi connectivity index (χ4n) is 3.27. The molecule has 2 aromatic carbocycles. The van der Waals surface area contributed by atoms with Gasteiger partial charge in [0.1, 0.15) is 0 Å². The Balaban J connectivity index is 3.18. The second-order valence-corrected chi connectivity index (χ2v) is 18.2. The van der Waals surface area contributed by atoms with E-state index in [0.29, 0.717) is 7.22 Å². The molecule has 0 fully saturated rings. The summed E-state index contributed by atoms with van der Waals surface area (Å²) in [5.41, 5.74) is -3.70. The summed E-state index contributed by atoms with van der Waals surface area (Å²) in [6.45, 7) is 18.3. The van der Waals surface area contributed by atoms with Crippen molar-refractivity contribution in [1.29, 1.82) is 0 Å². The molecule has 0 atom stereocenters. The van der Waals surface area contributed by atoms with Crippen LogP contribution in [0.5, 0.6) is 0 Å². The van der Waals surface area contributed by atoms with Gasteiger partial charge in [-0.3, -0.25) is 0 Å². The van der Waals surface area contributed by atoms with E-state index in [1.165, 1.54) is 0 Å². The summed E-state index contributed by atoms with van der Waals surface area (Å²) >= 11 is -3.63. The molecule has 0 heterocycles. The normalized spacial score (nSPS) is 15.0. The van der Waals surface area contributed by atoms with Crippen LogP contribution in [0.1, 0.15) is 79.0 Å². The number of rotatable bonds is 3. The zero-order valence-corrected chi connectivity index (χ0v) is 23.9. The zero-order valence-electron chi connectivity index (χ0n) is 20.8. The van der Waals surface area contributed by atoms with Crippen molar-refractivity contribution in [1.82, 2.24) is 0 Å². The van der Waals surface area contributed by atoms with Crippen LogP contribution in [0.25, 0.3) is 0 Å². The average molecular weight is 597 g/mol. The SMILES string of the molecule is CC(C)(C)c1cc(C(C)(C)C)c(/[Te](=N/S(=O)(=O)C(F)(F)F)c2ccccc2)c(C(C)(C)C)c1. The number of halogens is 3. The number of benzene rings is 2. The summed E-state index contributed by atoms with van der Waals surface area (Å²) in [4.78, 5) is 0. The van der Waals surface area contributed by atoms with E-state index in [1.54, 1.807) is 30.3 Å². The third kappa shape index (κ3) is 6.46. The van der Waals surface area contributed by atoms with Gasteiger partial charge in [-0.15, -0.1) is 0 Å². The van der Waals surface area contributed by atoms with Crippen molar-refractivity contribution in [2.24, 2.45) is 2.59 Å². The first kappa shape index (κ1) is 28.0. The summed E-state index contributed by atoms with van der Waals surface area (Å²) in [6, 6.07) is 12.7. The van der Waals surface area contributed by atoms with E-state index in [9.17, 15) is 21.6 Å². The second kappa shape index (κ2) is 9.09. The Bertz CT molecular complexity index is 1110. The monoisotopic (exact) mass is 599 g/mol. The van der Waals surface area contributed by atoms with Gasteiger partial charge in [-0.05, 0) is 0 Å². The van der Waals surface area contributed by atoms with E-state index in [0.717, 1.165) is 16.7 Å². The van der Waals surface area contributed by atoms with Crippen LogP contribution in [-0.4, -0.2) is 33.3 Å². The molecule has 8 heteroatoms. The number of hydrogen-bond acceptors (Lipinski definition) is 2. The number of hydrogen-bond donors (Lipinski definition) is 0. The first-order valence-corrected chi connectivity index (χ1v) is 15.5. The molecule has 0 aromatic heterocycles. The molecule has 0 aliphatic rings. The van der Waals surface area contributed by atoms with E-state index in [2.05, 4.69) is 23.4 Å². The van der Waals surface area contributed by atoms with Gasteiger partial charge >= 0.3 is 204 Å². The van der Waals surface area contributed by atoms with Crippen LogP contribution >= 0.6 is 0 Å². The van der Waals surface area contributed by atoms with Gasteiger partial charge in [-0.2, -0.15) is 0 Å². The van der Waals surface area contributed by atoms with Crippen molar-refractivity contribution >= 4 is 36.6 Å². The van der Waals surface area contributed by atoms with Crippen LogP contribution in [0, 0.1) is 0 Å². The van der Waals surface area contributed by atoms with E-state index >= 15 is 0 Å². The summed E-state index contributed by atoms with van der Waals surface area (Å²) in [7, 11) is -5.66. The van der Waals surface area contributed by atoms with E-state index < -0.39 is 45.7 Å². The molecule has 0 bridgehead atoms. The van der Waals surface area contributed by atoms with Crippen LogP contribution in [-0.2, 0) is 26.3 Å². The van der Waals surface area contributed by atoms with Crippen LogP contribution in [0.4, 0.5) is 13.2 Å². The predicted octanol–water partition coefficient (Wildman–Crippen LogP) is 5.80. The van der Waals surface area contributed by atoms with Crippen molar-refractivity contribution in [2.45, 2.75) is 84.1 Å². The Morgan fingerprint density at radius 2 is 1.15 bits per heavy atom. The van der Waals surface area contributed by atoms with Crippen molar-refractivity contribution in [3.05, 3.63) is 59.2 Å². The quantitative estimate of drug-likeness (QED) is 0.420. The van der Waals surface area contributed by atoms with Crippen LogP contribution in [0.2, 0.25) is 0 Å². The number of sulfonamides is 1. The van der Waals surface area contributed by atoms with Crippen LogP contribution < -0.4 is 7.22 Å². The summed E-state index contributed by atoms with van der Waals surface area (Å²) in [6.07, 6.45) is 0. The minimum absolute atomic E-state index is 0.193. The predicted molar refractivity (Wildman–Crippen MR) is 131 cm³/mol.